The summed E-state index contributed by atoms with van der Waals surface area (Å²) in [6.07, 6.45) is 3.75. The standard InChI is InChI=1S/C15H17BrClN3/c1-3-5-13-19-14(15(18)20(13)8-4-2)10-6-7-12(17)11(16)9-10/h4,6-7,9H,2-3,5,8,18H2,1H3. The molecule has 0 aliphatic carbocycles. The molecule has 2 aromatic rings. The van der Waals surface area contributed by atoms with Gasteiger partial charge in [-0.05, 0) is 34.5 Å². The summed E-state index contributed by atoms with van der Waals surface area (Å²) >= 11 is 9.46. The van der Waals surface area contributed by atoms with Crippen LogP contribution < -0.4 is 5.73 Å². The molecule has 1 aromatic heterocycles. The normalized spacial score (nSPS) is 10.8. The van der Waals surface area contributed by atoms with Gasteiger partial charge in [-0.15, -0.1) is 6.58 Å². The highest BCUT2D eigenvalue weighted by atomic mass is 79.9. The van der Waals surface area contributed by atoms with E-state index in [1.54, 1.807) is 0 Å². The Balaban J connectivity index is 2.53. The summed E-state index contributed by atoms with van der Waals surface area (Å²) in [7, 11) is 0. The Labute approximate surface area is 132 Å². The van der Waals surface area contributed by atoms with Crippen molar-refractivity contribution in [2.24, 2.45) is 0 Å². The molecule has 0 bridgehead atoms. The van der Waals surface area contributed by atoms with Crippen molar-refractivity contribution in [3.8, 4) is 11.3 Å². The summed E-state index contributed by atoms with van der Waals surface area (Å²) in [5.41, 5.74) is 8.00. The van der Waals surface area contributed by atoms with Gasteiger partial charge in [0.25, 0.3) is 0 Å². The van der Waals surface area contributed by atoms with Gasteiger partial charge < -0.3 is 10.3 Å². The number of hydrogen-bond donors (Lipinski definition) is 1. The van der Waals surface area contributed by atoms with Gasteiger partial charge in [-0.1, -0.05) is 30.7 Å². The molecule has 0 radical (unpaired) electrons. The minimum atomic E-state index is 0.669. The highest BCUT2D eigenvalue weighted by molar-refractivity contribution is 9.10. The van der Waals surface area contributed by atoms with Crippen LogP contribution in [0.15, 0.2) is 35.3 Å². The summed E-state index contributed by atoms with van der Waals surface area (Å²) < 4.78 is 2.85. The molecule has 2 N–H and O–H groups in total. The Hall–Kier alpha value is -1.26. The molecule has 3 nitrogen and oxygen atoms in total. The first kappa shape index (κ1) is 15.1. The van der Waals surface area contributed by atoms with Gasteiger partial charge in [-0.25, -0.2) is 4.98 Å². The SMILES string of the molecule is C=CCn1c(CCC)nc(-c2ccc(Cl)c(Br)c2)c1N. The summed E-state index contributed by atoms with van der Waals surface area (Å²) in [4.78, 5) is 4.69. The van der Waals surface area contributed by atoms with Crippen LogP contribution in [0.2, 0.25) is 5.02 Å². The zero-order valence-electron chi connectivity index (χ0n) is 11.4. The van der Waals surface area contributed by atoms with Crippen molar-refractivity contribution in [3.05, 3.63) is 46.2 Å². The Morgan fingerprint density at radius 1 is 1.50 bits per heavy atom. The summed E-state index contributed by atoms with van der Waals surface area (Å²) in [5.74, 6) is 1.66. The van der Waals surface area contributed by atoms with Crippen LogP contribution in [0.25, 0.3) is 11.3 Å². The van der Waals surface area contributed by atoms with Gasteiger partial charge in [-0.2, -0.15) is 0 Å². The van der Waals surface area contributed by atoms with E-state index >= 15 is 0 Å². The van der Waals surface area contributed by atoms with E-state index in [9.17, 15) is 0 Å². The van der Waals surface area contributed by atoms with Gasteiger partial charge >= 0.3 is 0 Å². The number of aryl methyl sites for hydroxylation is 1. The molecule has 0 amide bonds. The molecule has 0 saturated heterocycles. The van der Waals surface area contributed by atoms with Crippen LogP contribution in [0.3, 0.4) is 0 Å². The Morgan fingerprint density at radius 3 is 2.85 bits per heavy atom. The summed E-state index contributed by atoms with van der Waals surface area (Å²) in [5, 5.41) is 0.673. The Bertz CT molecular complexity index is 634. The zero-order valence-corrected chi connectivity index (χ0v) is 13.7. The van der Waals surface area contributed by atoms with Crippen molar-refractivity contribution in [2.75, 3.05) is 5.73 Å². The predicted molar refractivity (Wildman–Crippen MR) is 89.0 cm³/mol. The second-order valence-corrected chi connectivity index (χ2v) is 5.80. The van der Waals surface area contributed by atoms with E-state index in [-0.39, 0.29) is 0 Å². The van der Waals surface area contributed by atoms with Gasteiger partial charge in [0.05, 0.1) is 5.02 Å². The number of allylic oxidation sites excluding steroid dienone is 1. The second-order valence-electron chi connectivity index (χ2n) is 4.54. The number of imidazole rings is 1. The molecule has 1 heterocycles. The third kappa shape index (κ3) is 2.91. The third-order valence-corrected chi connectivity index (χ3v) is 4.28. The van der Waals surface area contributed by atoms with E-state index in [1.807, 2.05) is 28.8 Å². The fraction of sp³-hybridized carbons (Fsp3) is 0.267. The number of anilines is 1. The fourth-order valence-electron chi connectivity index (χ4n) is 2.12. The van der Waals surface area contributed by atoms with Crippen molar-refractivity contribution >= 4 is 33.3 Å². The van der Waals surface area contributed by atoms with Crippen LogP contribution in [0.1, 0.15) is 19.2 Å². The molecule has 0 unspecified atom stereocenters. The fourth-order valence-corrected chi connectivity index (χ4v) is 2.61. The number of aromatic nitrogens is 2. The van der Waals surface area contributed by atoms with E-state index < -0.39 is 0 Å². The minimum Gasteiger partial charge on any atom is -0.383 e. The van der Waals surface area contributed by atoms with Crippen LogP contribution in [-0.4, -0.2) is 9.55 Å². The van der Waals surface area contributed by atoms with Gasteiger partial charge in [0.15, 0.2) is 0 Å². The van der Waals surface area contributed by atoms with Crippen molar-refractivity contribution in [1.29, 1.82) is 0 Å². The van der Waals surface area contributed by atoms with Crippen molar-refractivity contribution in [3.63, 3.8) is 0 Å². The maximum Gasteiger partial charge on any atom is 0.132 e. The number of nitrogens with two attached hydrogens (primary N) is 1. The lowest BCUT2D eigenvalue weighted by Gasteiger charge is -2.06. The first-order chi connectivity index (χ1) is 9.58. The molecular weight excluding hydrogens is 338 g/mol. The van der Waals surface area contributed by atoms with Gasteiger partial charge in [-0.3, -0.25) is 0 Å². The first-order valence-corrected chi connectivity index (χ1v) is 7.66. The van der Waals surface area contributed by atoms with Crippen molar-refractivity contribution in [1.82, 2.24) is 9.55 Å². The van der Waals surface area contributed by atoms with Crippen LogP contribution in [0.4, 0.5) is 5.82 Å². The van der Waals surface area contributed by atoms with Crippen LogP contribution >= 0.6 is 27.5 Å². The average molecular weight is 355 g/mol. The molecule has 5 heteroatoms. The zero-order chi connectivity index (χ0) is 14.7. The second kappa shape index (κ2) is 6.46. The topological polar surface area (TPSA) is 43.8 Å². The molecule has 0 atom stereocenters. The van der Waals surface area contributed by atoms with Crippen molar-refractivity contribution < 1.29 is 0 Å². The molecule has 2 rings (SSSR count). The van der Waals surface area contributed by atoms with Crippen LogP contribution in [0.5, 0.6) is 0 Å². The van der Waals surface area contributed by atoms with E-state index in [0.717, 1.165) is 34.4 Å². The molecule has 0 spiro atoms. The first-order valence-electron chi connectivity index (χ1n) is 6.49. The molecule has 20 heavy (non-hydrogen) atoms. The molecule has 0 saturated carbocycles. The third-order valence-electron chi connectivity index (χ3n) is 3.06. The van der Waals surface area contributed by atoms with Gasteiger partial charge in [0.1, 0.15) is 17.3 Å². The number of benzene rings is 1. The smallest absolute Gasteiger partial charge is 0.132 e. The number of hydrogen-bond acceptors (Lipinski definition) is 2. The number of rotatable bonds is 5. The summed E-state index contributed by atoms with van der Waals surface area (Å²) in [6, 6.07) is 5.71. The van der Waals surface area contributed by atoms with E-state index in [1.165, 1.54) is 0 Å². The van der Waals surface area contributed by atoms with Crippen LogP contribution in [0, 0.1) is 0 Å². The van der Waals surface area contributed by atoms with E-state index in [4.69, 9.17) is 17.3 Å². The molecule has 0 fully saturated rings. The maximum atomic E-state index is 6.25. The summed E-state index contributed by atoms with van der Waals surface area (Å²) in [6.45, 7) is 6.57. The lowest BCUT2D eigenvalue weighted by molar-refractivity contribution is 0.724. The Kier molecular flexibility index (Phi) is 4.89. The van der Waals surface area contributed by atoms with Gasteiger partial charge in [0, 0.05) is 23.0 Å². The molecule has 0 aliphatic heterocycles. The van der Waals surface area contributed by atoms with Crippen molar-refractivity contribution in [2.45, 2.75) is 26.3 Å². The van der Waals surface area contributed by atoms with E-state index in [2.05, 4.69) is 34.4 Å². The number of nitrogens with zero attached hydrogens (tertiary/aromatic N) is 2. The minimum absolute atomic E-state index is 0.669. The quantitative estimate of drug-likeness (QED) is 0.792. The maximum absolute atomic E-state index is 6.25. The lowest BCUT2D eigenvalue weighted by Crippen LogP contribution is -2.05. The average Bonchev–Trinajstić information content (AvgIpc) is 2.72. The highest BCUT2D eigenvalue weighted by Crippen LogP contribution is 2.32. The molecule has 0 aliphatic rings. The predicted octanol–water partition coefficient (Wildman–Crippen LogP) is 4.69. The monoisotopic (exact) mass is 353 g/mol. The van der Waals surface area contributed by atoms with Crippen LogP contribution in [-0.2, 0) is 13.0 Å². The molecular formula is C15H17BrClN3. The largest absolute Gasteiger partial charge is 0.383 e. The highest BCUT2D eigenvalue weighted by Gasteiger charge is 2.15. The number of nitrogen functional groups attached to an aromatic ring is 1. The molecule has 1 aromatic carbocycles. The number of halogens is 2. The lowest BCUT2D eigenvalue weighted by atomic mass is 10.1. The molecule has 106 valence electrons. The van der Waals surface area contributed by atoms with E-state index in [0.29, 0.717) is 17.4 Å². The van der Waals surface area contributed by atoms with Gasteiger partial charge in [0.2, 0.25) is 0 Å². The Morgan fingerprint density at radius 2 is 2.25 bits per heavy atom.